The van der Waals surface area contributed by atoms with Crippen molar-refractivity contribution in [1.29, 1.82) is 0 Å². The van der Waals surface area contributed by atoms with E-state index in [2.05, 4.69) is 0 Å². The molecule has 0 aromatic carbocycles. The monoisotopic (exact) mass is 215 g/mol. The van der Waals surface area contributed by atoms with Crippen LogP contribution in [-0.4, -0.2) is 30.6 Å². The zero-order chi connectivity index (χ0) is 11.1. The summed E-state index contributed by atoms with van der Waals surface area (Å²) >= 11 is 0. The summed E-state index contributed by atoms with van der Waals surface area (Å²) in [5.74, 6) is -5.48. The number of carbonyl (C=O) groups excluding carboxylic acids is 1. The van der Waals surface area contributed by atoms with Crippen LogP contribution < -0.4 is 0 Å². The summed E-state index contributed by atoms with van der Waals surface area (Å²) in [4.78, 5) is 12.4. The lowest BCUT2D eigenvalue weighted by Gasteiger charge is -2.19. The summed E-state index contributed by atoms with van der Waals surface area (Å²) in [7, 11) is 1.37. The maximum atomic E-state index is 13.5. The Morgan fingerprint density at radius 2 is 2.40 bits per heavy atom. The van der Waals surface area contributed by atoms with Crippen LogP contribution in [0, 0.1) is 5.92 Å². The summed E-state index contributed by atoms with van der Waals surface area (Å²) in [6.45, 7) is -0.120. The van der Waals surface area contributed by atoms with Crippen LogP contribution in [0.1, 0.15) is 6.42 Å². The van der Waals surface area contributed by atoms with E-state index in [1.807, 2.05) is 0 Å². The lowest BCUT2D eigenvalue weighted by molar-refractivity contribution is -0.153. The number of nitrogens with zero attached hydrogens (tertiary/aromatic N) is 1. The van der Waals surface area contributed by atoms with E-state index in [9.17, 15) is 13.6 Å². The van der Waals surface area contributed by atoms with Crippen molar-refractivity contribution in [3.63, 3.8) is 0 Å². The van der Waals surface area contributed by atoms with Gasteiger partial charge < -0.3 is 4.74 Å². The van der Waals surface area contributed by atoms with E-state index in [-0.39, 0.29) is 13.2 Å². The van der Waals surface area contributed by atoms with Gasteiger partial charge in [0, 0.05) is 12.8 Å². The van der Waals surface area contributed by atoms with E-state index in [0.29, 0.717) is 5.70 Å². The van der Waals surface area contributed by atoms with Crippen LogP contribution in [0.4, 0.5) is 8.78 Å². The highest BCUT2D eigenvalue weighted by Gasteiger charge is 2.58. The number of alkyl halides is 2. The fourth-order valence-corrected chi connectivity index (χ4v) is 1.94. The third-order valence-corrected chi connectivity index (χ3v) is 2.67. The molecule has 0 aromatic rings. The molecule has 1 aliphatic heterocycles. The topological polar surface area (TPSA) is 29.5 Å². The molecule has 1 amide bonds. The van der Waals surface area contributed by atoms with Gasteiger partial charge in [0.15, 0.2) is 0 Å². The summed E-state index contributed by atoms with van der Waals surface area (Å²) in [6, 6.07) is 0. The lowest BCUT2D eigenvalue weighted by Crippen LogP contribution is -2.35. The molecule has 1 aliphatic carbocycles. The fourth-order valence-electron chi connectivity index (χ4n) is 1.94. The smallest absolute Gasteiger partial charge is 0.333 e. The van der Waals surface area contributed by atoms with Crippen LogP contribution >= 0.6 is 0 Å². The number of likely N-dealkylation sites (tertiary alicyclic amines) is 1. The second kappa shape index (κ2) is 3.41. The number of carbonyl (C=O) groups is 1. The van der Waals surface area contributed by atoms with Crippen LogP contribution in [0.2, 0.25) is 0 Å². The van der Waals surface area contributed by atoms with E-state index in [0.717, 1.165) is 4.90 Å². The molecule has 1 atom stereocenters. The molecule has 5 heteroatoms. The van der Waals surface area contributed by atoms with Crippen molar-refractivity contribution in [2.45, 2.75) is 12.3 Å². The molecule has 2 rings (SSSR count). The summed E-state index contributed by atoms with van der Waals surface area (Å²) in [6.07, 6.45) is 5.08. The molecule has 0 aromatic heterocycles. The molecule has 1 heterocycles. The summed E-state index contributed by atoms with van der Waals surface area (Å²) in [5, 5.41) is 0. The first-order chi connectivity index (χ1) is 7.09. The van der Waals surface area contributed by atoms with Crippen molar-refractivity contribution >= 4 is 5.91 Å². The molecule has 1 saturated heterocycles. The average Bonchev–Trinajstić information content (AvgIpc) is 2.42. The van der Waals surface area contributed by atoms with E-state index < -0.39 is 17.7 Å². The zero-order valence-corrected chi connectivity index (χ0v) is 8.24. The van der Waals surface area contributed by atoms with Crippen molar-refractivity contribution in [3.05, 3.63) is 23.9 Å². The van der Waals surface area contributed by atoms with Gasteiger partial charge in [0.1, 0.15) is 6.73 Å². The Hall–Kier alpha value is -1.23. The number of methoxy groups -OCH3 is 1. The van der Waals surface area contributed by atoms with Gasteiger partial charge in [-0.15, -0.1) is 0 Å². The third kappa shape index (κ3) is 1.38. The largest absolute Gasteiger partial charge is 0.364 e. The summed E-state index contributed by atoms with van der Waals surface area (Å²) in [5.41, 5.74) is 0.356. The van der Waals surface area contributed by atoms with Crippen molar-refractivity contribution in [3.8, 4) is 0 Å². The minimum absolute atomic E-state index is 0.120. The van der Waals surface area contributed by atoms with Crippen molar-refractivity contribution < 1.29 is 18.3 Å². The molecule has 0 bridgehead atoms. The molecule has 0 saturated carbocycles. The number of ether oxygens (including phenoxy) is 1. The Balaban J connectivity index is 2.37. The van der Waals surface area contributed by atoms with Gasteiger partial charge in [0.05, 0.1) is 5.92 Å². The van der Waals surface area contributed by atoms with Gasteiger partial charge in [-0.1, -0.05) is 12.2 Å². The van der Waals surface area contributed by atoms with Crippen LogP contribution in [0.15, 0.2) is 23.9 Å². The van der Waals surface area contributed by atoms with Gasteiger partial charge >= 0.3 is 5.92 Å². The molecule has 1 fully saturated rings. The Morgan fingerprint density at radius 1 is 1.67 bits per heavy atom. The molecule has 15 heavy (non-hydrogen) atoms. The van der Waals surface area contributed by atoms with Crippen LogP contribution in [0.25, 0.3) is 0 Å². The first-order valence-corrected chi connectivity index (χ1v) is 4.64. The number of hydrogen-bond donors (Lipinski definition) is 0. The van der Waals surface area contributed by atoms with Crippen LogP contribution in [0.3, 0.4) is 0 Å². The number of fused-ring (bicyclic) bond motifs is 1. The van der Waals surface area contributed by atoms with Gasteiger partial charge in [-0.3, -0.25) is 9.69 Å². The fraction of sp³-hybridized carbons (Fsp3) is 0.500. The van der Waals surface area contributed by atoms with Crippen LogP contribution in [0.5, 0.6) is 0 Å². The van der Waals surface area contributed by atoms with Gasteiger partial charge in [0.25, 0.3) is 5.91 Å². The third-order valence-electron chi connectivity index (χ3n) is 2.67. The van der Waals surface area contributed by atoms with Gasteiger partial charge in [-0.05, 0) is 12.5 Å². The van der Waals surface area contributed by atoms with Crippen molar-refractivity contribution in [2.24, 2.45) is 5.92 Å². The molecule has 2 aliphatic rings. The second-order valence-corrected chi connectivity index (χ2v) is 3.58. The maximum absolute atomic E-state index is 13.5. The molecular weight excluding hydrogens is 204 g/mol. The number of rotatable bonds is 2. The Kier molecular flexibility index (Phi) is 2.34. The first-order valence-electron chi connectivity index (χ1n) is 4.64. The predicted octanol–water partition coefficient (Wildman–Crippen LogP) is 1.53. The number of allylic oxidation sites excluding steroid dienone is 4. The van der Waals surface area contributed by atoms with Gasteiger partial charge in [0.2, 0.25) is 0 Å². The quantitative estimate of drug-likeness (QED) is 0.699. The molecule has 0 N–H and O–H groups in total. The first kappa shape index (κ1) is 10.3. The molecule has 3 nitrogen and oxygen atoms in total. The number of halogens is 2. The molecule has 0 spiro atoms. The predicted molar refractivity (Wildman–Crippen MR) is 49.0 cm³/mol. The summed E-state index contributed by atoms with van der Waals surface area (Å²) < 4.78 is 31.8. The molecule has 1 unspecified atom stereocenters. The second-order valence-electron chi connectivity index (χ2n) is 3.58. The zero-order valence-electron chi connectivity index (χ0n) is 8.24. The van der Waals surface area contributed by atoms with Crippen molar-refractivity contribution in [2.75, 3.05) is 13.8 Å². The van der Waals surface area contributed by atoms with Gasteiger partial charge in [-0.2, -0.15) is 8.78 Å². The minimum atomic E-state index is -3.30. The average molecular weight is 215 g/mol. The SMILES string of the molecule is COCN1C(=O)C(F)(F)C2CC=CC=C21. The minimum Gasteiger partial charge on any atom is -0.364 e. The highest BCUT2D eigenvalue weighted by atomic mass is 19.3. The molecule has 82 valence electrons. The van der Waals surface area contributed by atoms with E-state index >= 15 is 0 Å². The van der Waals surface area contributed by atoms with Crippen molar-refractivity contribution in [1.82, 2.24) is 4.90 Å². The van der Waals surface area contributed by atoms with E-state index in [4.69, 9.17) is 4.74 Å². The number of hydrogen-bond acceptors (Lipinski definition) is 2. The normalized spacial score (nSPS) is 27.9. The highest BCUT2D eigenvalue weighted by Crippen LogP contribution is 2.44. The number of amides is 1. The highest BCUT2D eigenvalue weighted by molar-refractivity contribution is 5.89. The van der Waals surface area contributed by atoms with Gasteiger partial charge in [-0.25, -0.2) is 0 Å². The Labute approximate surface area is 86.0 Å². The standard InChI is InChI=1S/C10H11F2NO2/c1-15-6-13-8-5-3-2-4-7(8)10(11,12)9(13)14/h2-3,5,7H,4,6H2,1H3. The van der Waals surface area contributed by atoms with Crippen LogP contribution in [-0.2, 0) is 9.53 Å². The Bertz CT molecular complexity index is 349. The van der Waals surface area contributed by atoms with E-state index in [1.54, 1.807) is 18.2 Å². The molecular formula is C10H11F2NO2. The van der Waals surface area contributed by atoms with E-state index in [1.165, 1.54) is 7.11 Å². The molecule has 0 radical (unpaired) electrons. The Morgan fingerprint density at radius 3 is 3.07 bits per heavy atom. The maximum Gasteiger partial charge on any atom is 0.333 e. The lowest BCUT2D eigenvalue weighted by atomic mass is 9.94.